The van der Waals surface area contributed by atoms with E-state index < -0.39 is 27.7 Å². The molecule has 110 valence electrons. The number of benzene rings is 1. The van der Waals surface area contributed by atoms with Crippen molar-refractivity contribution in [1.29, 1.82) is 0 Å². The second-order valence-corrected chi connectivity index (χ2v) is 7.15. The molecule has 1 aromatic carbocycles. The lowest BCUT2D eigenvalue weighted by Gasteiger charge is -2.33. The first-order chi connectivity index (χ1) is 9.80. The third kappa shape index (κ3) is 2.14. The second-order valence-electron chi connectivity index (χ2n) is 5.17. The summed E-state index contributed by atoms with van der Waals surface area (Å²) < 4.78 is 24.3. The minimum atomic E-state index is -3.55. The normalized spacial score (nSPS) is 23.0. The van der Waals surface area contributed by atoms with Crippen LogP contribution in [0.3, 0.4) is 0 Å². The van der Waals surface area contributed by atoms with Gasteiger partial charge in [-0.25, -0.2) is 8.42 Å². The highest BCUT2D eigenvalue weighted by atomic mass is 32.2. The Morgan fingerprint density at radius 3 is 2.29 bits per heavy atom. The Morgan fingerprint density at radius 2 is 1.71 bits per heavy atom. The van der Waals surface area contributed by atoms with Crippen LogP contribution in [0.15, 0.2) is 35.4 Å². The summed E-state index contributed by atoms with van der Waals surface area (Å²) in [5.41, 5.74) is 0.610. The largest absolute Gasteiger partial charge is 0.387 e. The summed E-state index contributed by atoms with van der Waals surface area (Å²) in [7, 11) is -3.55. The molecule has 1 aliphatic carbocycles. The van der Waals surface area contributed by atoms with Gasteiger partial charge in [0.1, 0.15) is 0 Å². The van der Waals surface area contributed by atoms with Crippen LogP contribution in [-0.4, -0.2) is 54.8 Å². The first-order valence-corrected chi connectivity index (χ1v) is 8.20. The number of Topliss-reactive ketones (excluding diaryl/α,β-unsaturated/α-hetero) is 2. The van der Waals surface area contributed by atoms with Crippen molar-refractivity contribution in [1.82, 2.24) is 4.31 Å². The number of sulfonamides is 1. The van der Waals surface area contributed by atoms with Gasteiger partial charge in [0.05, 0.1) is 12.4 Å². The predicted octanol–water partition coefficient (Wildman–Crippen LogP) is -0.00170. The molecule has 1 atom stereocenters. The van der Waals surface area contributed by atoms with Gasteiger partial charge in [-0.15, -0.1) is 0 Å². The Morgan fingerprint density at radius 1 is 1.14 bits per heavy atom. The lowest BCUT2D eigenvalue weighted by molar-refractivity contribution is 0.0895. The van der Waals surface area contributed by atoms with Crippen LogP contribution >= 0.6 is 0 Å². The van der Waals surface area contributed by atoms with Gasteiger partial charge in [-0.05, 0) is 0 Å². The maximum atomic E-state index is 12.5. The molecule has 1 unspecified atom stereocenters. The van der Waals surface area contributed by atoms with Crippen LogP contribution in [0.2, 0.25) is 0 Å². The predicted molar refractivity (Wildman–Crippen MR) is 74.6 cm³/mol. The van der Waals surface area contributed by atoms with E-state index in [-0.39, 0.29) is 35.4 Å². The zero-order valence-corrected chi connectivity index (χ0v) is 12.1. The highest BCUT2D eigenvalue weighted by Crippen LogP contribution is 2.32. The SMILES string of the molecule is CS(=O)(=O)N1CC2=C(C(=O)c3ccccc3C2=O)C(O)C1. The number of nitrogens with zero attached hydrogens (tertiary/aromatic N) is 1. The molecule has 1 heterocycles. The van der Waals surface area contributed by atoms with E-state index in [2.05, 4.69) is 0 Å². The molecule has 0 aromatic heterocycles. The number of carbonyl (C=O) groups excluding carboxylic acids is 2. The number of β-amino-alcohol motifs (C(OH)–C–C–N with tert-alkyl or cyclic N) is 1. The number of hydrogen-bond acceptors (Lipinski definition) is 5. The highest BCUT2D eigenvalue weighted by molar-refractivity contribution is 7.88. The lowest BCUT2D eigenvalue weighted by atomic mass is 9.80. The number of carbonyl (C=O) groups is 2. The van der Waals surface area contributed by atoms with Gasteiger partial charge in [0, 0.05) is 35.4 Å². The maximum absolute atomic E-state index is 12.5. The van der Waals surface area contributed by atoms with Crippen LogP contribution in [0, 0.1) is 0 Å². The Bertz CT molecular complexity index is 793. The summed E-state index contributed by atoms with van der Waals surface area (Å²) in [6, 6.07) is 6.36. The van der Waals surface area contributed by atoms with E-state index in [0.29, 0.717) is 0 Å². The van der Waals surface area contributed by atoms with Gasteiger partial charge in [-0.2, -0.15) is 4.31 Å². The van der Waals surface area contributed by atoms with Crippen LogP contribution in [0.1, 0.15) is 20.7 Å². The average Bonchev–Trinajstić information content (AvgIpc) is 2.43. The Balaban J connectivity index is 2.15. The summed E-state index contributed by atoms with van der Waals surface area (Å²) in [4.78, 5) is 24.9. The molecular formula is C14H13NO5S. The van der Waals surface area contributed by atoms with Crippen LogP contribution in [-0.2, 0) is 10.0 Å². The highest BCUT2D eigenvalue weighted by Gasteiger charge is 2.41. The zero-order valence-electron chi connectivity index (χ0n) is 11.2. The monoisotopic (exact) mass is 307 g/mol. The number of ketones is 2. The van der Waals surface area contributed by atoms with Crippen molar-refractivity contribution in [2.45, 2.75) is 6.10 Å². The zero-order chi connectivity index (χ0) is 15.4. The van der Waals surface area contributed by atoms with Crippen LogP contribution in [0.25, 0.3) is 0 Å². The summed E-state index contributed by atoms with van der Waals surface area (Å²) in [6.07, 6.45) is -0.276. The molecule has 6 nitrogen and oxygen atoms in total. The Hall–Kier alpha value is -1.83. The molecule has 0 spiro atoms. The molecule has 0 fully saturated rings. The van der Waals surface area contributed by atoms with Crippen molar-refractivity contribution in [2.75, 3.05) is 19.3 Å². The summed E-state index contributed by atoms with van der Waals surface area (Å²) in [6.45, 7) is -0.386. The van der Waals surface area contributed by atoms with Gasteiger partial charge >= 0.3 is 0 Å². The molecule has 3 rings (SSSR count). The molecule has 1 aromatic rings. The van der Waals surface area contributed by atoms with Crippen molar-refractivity contribution in [3.8, 4) is 0 Å². The van der Waals surface area contributed by atoms with Gasteiger partial charge in [0.15, 0.2) is 11.6 Å². The van der Waals surface area contributed by atoms with Crippen LogP contribution in [0.5, 0.6) is 0 Å². The van der Waals surface area contributed by atoms with Crippen molar-refractivity contribution < 1.29 is 23.1 Å². The van der Waals surface area contributed by atoms with E-state index in [9.17, 15) is 23.1 Å². The molecule has 2 aliphatic rings. The molecule has 1 aliphatic heterocycles. The summed E-state index contributed by atoms with van der Waals surface area (Å²) in [5.74, 6) is -0.798. The fourth-order valence-corrected chi connectivity index (χ4v) is 3.51. The smallest absolute Gasteiger partial charge is 0.211 e. The lowest BCUT2D eigenvalue weighted by Crippen LogP contribution is -2.47. The number of aliphatic hydroxyl groups is 1. The Labute approximate surface area is 121 Å². The molecule has 21 heavy (non-hydrogen) atoms. The minimum absolute atomic E-state index is 0.0265. The number of aliphatic hydroxyl groups excluding tert-OH is 1. The number of rotatable bonds is 1. The molecular weight excluding hydrogens is 294 g/mol. The first-order valence-electron chi connectivity index (χ1n) is 6.35. The van der Waals surface area contributed by atoms with Gasteiger partial charge in [0.2, 0.25) is 10.0 Å². The third-order valence-electron chi connectivity index (χ3n) is 3.77. The molecule has 0 saturated heterocycles. The number of hydrogen-bond donors (Lipinski definition) is 1. The molecule has 0 amide bonds. The van der Waals surface area contributed by atoms with E-state index in [4.69, 9.17) is 0 Å². The fraction of sp³-hybridized carbons (Fsp3) is 0.286. The van der Waals surface area contributed by atoms with Crippen molar-refractivity contribution in [3.63, 3.8) is 0 Å². The van der Waals surface area contributed by atoms with Gasteiger partial charge in [-0.1, -0.05) is 24.3 Å². The van der Waals surface area contributed by atoms with Crippen molar-refractivity contribution in [2.24, 2.45) is 0 Å². The van der Waals surface area contributed by atoms with E-state index in [1.165, 1.54) is 12.1 Å². The summed E-state index contributed by atoms with van der Waals surface area (Å²) >= 11 is 0. The maximum Gasteiger partial charge on any atom is 0.211 e. The minimum Gasteiger partial charge on any atom is -0.387 e. The molecule has 1 N–H and O–H groups in total. The Kier molecular flexibility index (Phi) is 3.09. The number of fused-ring (bicyclic) bond motifs is 1. The van der Waals surface area contributed by atoms with E-state index in [0.717, 1.165) is 10.6 Å². The molecule has 0 bridgehead atoms. The standard InChI is InChI=1S/C14H13NO5S/c1-21(19,20)15-6-10-12(11(16)7-15)14(18)9-5-3-2-4-8(9)13(10)17/h2-5,11,16H,6-7H2,1H3. The molecule has 0 saturated carbocycles. The molecule has 7 heteroatoms. The van der Waals surface area contributed by atoms with E-state index >= 15 is 0 Å². The van der Waals surface area contributed by atoms with E-state index in [1.807, 2.05) is 0 Å². The van der Waals surface area contributed by atoms with Crippen LogP contribution < -0.4 is 0 Å². The molecule has 0 radical (unpaired) electrons. The topological polar surface area (TPSA) is 91.8 Å². The van der Waals surface area contributed by atoms with Gasteiger partial charge < -0.3 is 5.11 Å². The average molecular weight is 307 g/mol. The van der Waals surface area contributed by atoms with Gasteiger partial charge in [0.25, 0.3) is 0 Å². The van der Waals surface area contributed by atoms with Crippen molar-refractivity contribution >= 4 is 21.6 Å². The van der Waals surface area contributed by atoms with E-state index in [1.54, 1.807) is 12.1 Å². The quantitative estimate of drug-likeness (QED) is 0.788. The van der Waals surface area contributed by atoms with Crippen molar-refractivity contribution in [3.05, 3.63) is 46.5 Å². The third-order valence-corrected chi connectivity index (χ3v) is 4.99. The second kappa shape index (κ2) is 4.59. The summed E-state index contributed by atoms with van der Waals surface area (Å²) in [5, 5.41) is 10.1. The van der Waals surface area contributed by atoms with Gasteiger partial charge in [-0.3, -0.25) is 9.59 Å². The van der Waals surface area contributed by atoms with Crippen LogP contribution in [0.4, 0.5) is 0 Å². The first kappa shape index (κ1) is 14.1. The fourth-order valence-electron chi connectivity index (χ4n) is 2.73.